The molecular weight excluding hydrogens is 160 g/mol. The fraction of sp³-hybridized carbons (Fsp3) is 0.818. The van der Waals surface area contributed by atoms with Gasteiger partial charge in [0, 0.05) is 19.6 Å². The van der Waals surface area contributed by atoms with E-state index in [1.165, 1.54) is 56.6 Å². The van der Waals surface area contributed by atoms with E-state index in [9.17, 15) is 0 Å². The van der Waals surface area contributed by atoms with Crippen LogP contribution in [-0.4, -0.2) is 48.7 Å². The second-order valence-corrected chi connectivity index (χ2v) is 4.40. The molecular formula is C11H21N2+. The van der Waals surface area contributed by atoms with Crippen molar-refractivity contribution in [3.8, 4) is 0 Å². The van der Waals surface area contributed by atoms with Gasteiger partial charge in [-0.2, -0.15) is 0 Å². The van der Waals surface area contributed by atoms with Crippen molar-refractivity contribution in [3.05, 3.63) is 12.3 Å². The summed E-state index contributed by atoms with van der Waals surface area (Å²) in [6, 6.07) is 0. The number of rotatable bonds is 3. The van der Waals surface area contributed by atoms with Gasteiger partial charge in [0.1, 0.15) is 0 Å². The summed E-state index contributed by atoms with van der Waals surface area (Å²) in [4.78, 5) is 2.59. The van der Waals surface area contributed by atoms with Gasteiger partial charge in [0.05, 0.1) is 25.8 Å². The average Bonchev–Trinajstić information content (AvgIpc) is 2.21. The highest BCUT2D eigenvalue weighted by molar-refractivity contribution is 4.80. The monoisotopic (exact) mass is 181 g/mol. The Morgan fingerprint density at radius 1 is 1.15 bits per heavy atom. The Kier molecular flexibility index (Phi) is 2.70. The molecule has 0 aromatic rings. The van der Waals surface area contributed by atoms with Crippen molar-refractivity contribution in [1.82, 2.24) is 4.90 Å². The number of quaternary nitrogens is 1. The summed E-state index contributed by atoms with van der Waals surface area (Å²) in [5.41, 5.74) is 0. The molecule has 3 saturated heterocycles. The first-order valence-electron chi connectivity index (χ1n) is 5.60. The van der Waals surface area contributed by atoms with Crippen LogP contribution in [0.15, 0.2) is 12.3 Å². The Morgan fingerprint density at radius 3 is 2.31 bits per heavy atom. The molecule has 3 heterocycles. The molecule has 13 heavy (non-hydrogen) atoms. The van der Waals surface area contributed by atoms with Gasteiger partial charge < -0.3 is 0 Å². The third kappa shape index (κ3) is 1.94. The Balaban J connectivity index is 1.94. The van der Waals surface area contributed by atoms with Gasteiger partial charge in [0.2, 0.25) is 0 Å². The molecule has 3 aliphatic rings. The van der Waals surface area contributed by atoms with Gasteiger partial charge in [0.25, 0.3) is 0 Å². The van der Waals surface area contributed by atoms with Crippen LogP contribution in [0.1, 0.15) is 19.8 Å². The molecule has 0 unspecified atom stereocenters. The lowest BCUT2D eigenvalue weighted by Crippen LogP contribution is -2.64. The minimum Gasteiger partial charge on any atom is -0.294 e. The predicted molar refractivity (Wildman–Crippen MR) is 55.3 cm³/mol. The summed E-state index contributed by atoms with van der Waals surface area (Å²) in [6.07, 6.45) is 7.40. The molecule has 0 atom stereocenters. The summed E-state index contributed by atoms with van der Waals surface area (Å²) < 4.78 is 1.27. The van der Waals surface area contributed by atoms with Gasteiger partial charge in [-0.3, -0.25) is 9.38 Å². The molecule has 3 rings (SSSR count). The van der Waals surface area contributed by atoms with Crippen LogP contribution < -0.4 is 0 Å². The molecule has 0 N–H and O–H groups in total. The van der Waals surface area contributed by atoms with Crippen molar-refractivity contribution < 1.29 is 4.48 Å². The van der Waals surface area contributed by atoms with Crippen LogP contribution in [0.4, 0.5) is 0 Å². The van der Waals surface area contributed by atoms with Crippen molar-refractivity contribution in [3.63, 3.8) is 0 Å². The summed E-state index contributed by atoms with van der Waals surface area (Å²) in [5, 5.41) is 0. The molecule has 2 bridgehead atoms. The van der Waals surface area contributed by atoms with Crippen LogP contribution >= 0.6 is 0 Å². The van der Waals surface area contributed by atoms with Crippen LogP contribution in [-0.2, 0) is 0 Å². The number of unbranched alkanes of at least 4 members (excludes halogenated alkanes) is 1. The highest BCUT2D eigenvalue weighted by Crippen LogP contribution is 2.20. The van der Waals surface area contributed by atoms with Crippen LogP contribution in [0.5, 0.6) is 0 Å². The second kappa shape index (κ2) is 3.81. The lowest BCUT2D eigenvalue weighted by atomic mass is 10.1. The molecule has 0 aliphatic carbocycles. The summed E-state index contributed by atoms with van der Waals surface area (Å²) >= 11 is 0. The molecule has 0 amide bonds. The van der Waals surface area contributed by atoms with E-state index in [1.54, 1.807) is 0 Å². The predicted octanol–water partition coefficient (Wildman–Crippen LogP) is 1.45. The maximum atomic E-state index is 2.59. The van der Waals surface area contributed by atoms with Gasteiger partial charge in [0.15, 0.2) is 0 Å². The molecule has 0 saturated carbocycles. The highest BCUT2D eigenvalue weighted by Gasteiger charge is 2.36. The summed E-state index contributed by atoms with van der Waals surface area (Å²) in [5.74, 6) is 0. The number of fused-ring (bicyclic) bond motifs is 3. The molecule has 2 nitrogen and oxygen atoms in total. The van der Waals surface area contributed by atoms with E-state index >= 15 is 0 Å². The Bertz CT molecular complexity index is 176. The molecule has 0 spiro atoms. The SMILES string of the molecule is CCCC=C[N+]12CCN(CC1)CC2. The van der Waals surface area contributed by atoms with Gasteiger partial charge >= 0.3 is 0 Å². The standard InChI is InChI=1S/C11H21N2/c1-2-3-4-8-13-9-5-12(6-10-13)7-11-13/h4,8H,2-3,5-7,9-11H2,1H3/q+1. The van der Waals surface area contributed by atoms with Crippen LogP contribution in [0.3, 0.4) is 0 Å². The molecule has 3 aliphatic heterocycles. The van der Waals surface area contributed by atoms with Gasteiger partial charge in [-0.1, -0.05) is 13.3 Å². The third-order valence-electron chi connectivity index (χ3n) is 3.46. The van der Waals surface area contributed by atoms with Gasteiger partial charge in [-0.05, 0) is 12.5 Å². The van der Waals surface area contributed by atoms with E-state index in [1.807, 2.05) is 0 Å². The van der Waals surface area contributed by atoms with E-state index in [0.29, 0.717) is 0 Å². The fourth-order valence-electron chi connectivity index (χ4n) is 2.38. The summed E-state index contributed by atoms with van der Waals surface area (Å²) in [7, 11) is 0. The molecule has 0 aromatic carbocycles. The Labute approximate surface area is 81.4 Å². The Hall–Kier alpha value is -0.340. The molecule has 3 fully saturated rings. The maximum absolute atomic E-state index is 2.59. The van der Waals surface area contributed by atoms with Crippen molar-refractivity contribution in [2.75, 3.05) is 39.3 Å². The van der Waals surface area contributed by atoms with Crippen LogP contribution in [0, 0.1) is 0 Å². The smallest absolute Gasteiger partial charge is 0.0958 e. The van der Waals surface area contributed by atoms with Crippen molar-refractivity contribution >= 4 is 0 Å². The zero-order chi connectivity index (χ0) is 9.15. The van der Waals surface area contributed by atoms with E-state index in [2.05, 4.69) is 24.1 Å². The van der Waals surface area contributed by atoms with Gasteiger partial charge in [-0.15, -0.1) is 0 Å². The second-order valence-electron chi connectivity index (χ2n) is 4.40. The Morgan fingerprint density at radius 2 is 1.77 bits per heavy atom. The summed E-state index contributed by atoms with van der Waals surface area (Å²) in [6.45, 7) is 10.2. The number of allylic oxidation sites excluding steroid dienone is 1. The van der Waals surface area contributed by atoms with E-state index < -0.39 is 0 Å². The lowest BCUT2D eigenvalue weighted by Gasteiger charge is -2.48. The lowest BCUT2D eigenvalue weighted by molar-refractivity contribution is -0.894. The number of hydrogen-bond donors (Lipinski definition) is 0. The minimum absolute atomic E-state index is 1.25. The van der Waals surface area contributed by atoms with Crippen molar-refractivity contribution in [2.45, 2.75) is 19.8 Å². The first-order valence-corrected chi connectivity index (χ1v) is 5.60. The maximum Gasteiger partial charge on any atom is 0.0958 e. The topological polar surface area (TPSA) is 3.24 Å². The first-order chi connectivity index (χ1) is 6.35. The fourth-order valence-corrected chi connectivity index (χ4v) is 2.38. The van der Waals surface area contributed by atoms with E-state index in [0.717, 1.165) is 0 Å². The van der Waals surface area contributed by atoms with Gasteiger partial charge in [-0.25, -0.2) is 0 Å². The minimum atomic E-state index is 1.25. The quantitative estimate of drug-likeness (QED) is 0.596. The van der Waals surface area contributed by atoms with Crippen LogP contribution in [0.2, 0.25) is 0 Å². The normalized spacial score (nSPS) is 38.7. The molecule has 0 aromatic heterocycles. The number of nitrogens with zero attached hydrogens (tertiary/aromatic N) is 2. The zero-order valence-electron chi connectivity index (χ0n) is 8.71. The highest BCUT2D eigenvalue weighted by atomic mass is 15.4. The van der Waals surface area contributed by atoms with Crippen LogP contribution in [0.25, 0.3) is 0 Å². The van der Waals surface area contributed by atoms with Crippen molar-refractivity contribution in [2.24, 2.45) is 0 Å². The zero-order valence-corrected chi connectivity index (χ0v) is 8.71. The van der Waals surface area contributed by atoms with E-state index in [-0.39, 0.29) is 0 Å². The largest absolute Gasteiger partial charge is 0.294 e. The molecule has 74 valence electrons. The average molecular weight is 181 g/mol. The third-order valence-corrected chi connectivity index (χ3v) is 3.46. The first kappa shape index (κ1) is 9.22. The molecule has 2 heteroatoms. The number of hydrogen-bond acceptors (Lipinski definition) is 1. The molecule has 0 radical (unpaired) electrons. The van der Waals surface area contributed by atoms with Crippen molar-refractivity contribution in [1.29, 1.82) is 0 Å². The number of piperazine rings is 3. The van der Waals surface area contributed by atoms with E-state index in [4.69, 9.17) is 0 Å².